The second-order valence-corrected chi connectivity index (χ2v) is 3.43. The average Bonchev–Trinajstić information content (AvgIpc) is 2.49. The number of nitrogens with zero attached hydrogens (tertiary/aromatic N) is 1. The minimum absolute atomic E-state index is 0.0141. The van der Waals surface area contributed by atoms with Gasteiger partial charge in [0.2, 0.25) is 0 Å². The SMILES string of the molecule is Cc1ccc(C(C)N(C)CC(=O)O)o1. The van der Waals surface area contributed by atoms with E-state index in [4.69, 9.17) is 9.52 Å². The van der Waals surface area contributed by atoms with Gasteiger partial charge in [-0.2, -0.15) is 0 Å². The first-order valence-electron chi connectivity index (χ1n) is 4.49. The van der Waals surface area contributed by atoms with Crippen LogP contribution in [0.25, 0.3) is 0 Å². The Morgan fingerprint density at radius 3 is 2.71 bits per heavy atom. The first kappa shape index (κ1) is 10.8. The highest BCUT2D eigenvalue weighted by Crippen LogP contribution is 2.20. The highest BCUT2D eigenvalue weighted by atomic mass is 16.4. The molecule has 0 spiro atoms. The molecule has 4 nitrogen and oxygen atoms in total. The maximum absolute atomic E-state index is 10.5. The Morgan fingerprint density at radius 1 is 1.64 bits per heavy atom. The van der Waals surface area contributed by atoms with Gasteiger partial charge < -0.3 is 9.52 Å². The Kier molecular flexibility index (Phi) is 3.30. The van der Waals surface area contributed by atoms with Crippen molar-refractivity contribution < 1.29 is 14.3 Å². The zero-order valence-corrected chi connectivity index (χ0v) is 8.65. The fourth-order valence-corrected chi connectivity index (χ4v) is 1.25. The molecular weight excluding hydrogens is 182 g/mol. The van der Waals surface area contributed by atoms with E-state index in [9.17, 15) is 4.79 Å². The summed E-state index contributed by atoms with van der Waals surface area (Å²) in [7, 11) is 1.76. The van der Waals surface area contributed by atoms with Gasteiger partial charge in [0.15, 0.2) is 0 Å². The van der Waals surface area contributed by atoms with Crippen LogP contribution in [0.3, 0.4) is 0 Å². The molecule has 0 aliphatic heterocycles. The summed E-state index contributed by atoms with van der Waals surface area (Å²) in [5, 5.41) is 8.61. The van der Waals surface area contributed by atoms with E-state index in [1.54, 1.807) is 11.9 Å². The zero-order chi connectivity index (χ0) is 10.7. The third kappa shape index (κ3) is 2.60. The molecule has 0 amide bonds. The minimum Gasteiger partial charge on any atom is -0.480 e. The molecule has 0 bridgehead atoms. The van der Waals surface area contributed by atoms with Gasteiger partial charge in [-0.25, -0.2) is 0 Å². The lowest BCUT2D eigenvalue weighted by Crippen LogP contribution is -2.28. The van der Waals surface area contributed by atoms with Gasteiger partial charge in [0.1, 0.15) is 11.5 Å². The van der Waals surface area contributed by atoms with E-state index < -0.39 is 5.97 Å². The molecule has 0 aromatic carbocycles. The zero-order valence-electron chi connectivity index (χ0n) is 8.65. The average molecular weight is 197 g/mol. The number of aliphatic carboxylic acids is 1. The topological polar surface area (TPSA) is 53.7 Å². The molecule has 0 fully saturated rings. The van der Waals surface area contributed by atoms with Gasteiger partial charge in [0, 0.05) is 0 Å². The van der Waals surface area contributed by atoms with E-state index in [0.717, 1.165) is 11.5 Å². The van der Waals surface area contributed by atoms with E-state index in [1.165, 1.54) is 0 Å². The summed E-state index contributed by atoms with van der Waals surface area (Å²) in [6.07, 6.45) is 0. The Hall–Kier alpha value is -1.29. The lowest BCUT2D eigenvalue weighted by molar-refractivity contribution is -0.138. The molecule has 4 heteroatoms. The second kappa shape index (κ2) is 4.28. The maximum Gasteiger partial charge on any atom is 0.317 e. The van der Waals surface area contributed by atoms with Crippen LogP contribution in [0.1, 0.15) is 24.5 Å². The van der Waals surface area contributed by atoms with Crippen LogP contribution >= 0.6 is 0 Å². The largest absolute Gasteiger partial charge is 0.480 e. The number of rotatable bonds is 4. The monoisotopic (exact) mass is 197 g/mol. The normalized spacial score (nSPS) is 13.1. The molecule has 0 saturated carbocycles. The van der Waals surface area contributed by atoms with Crippen LogP contribution in [0.4, 0.5) is 0 Å². The number of hydrogen-bond donors (Lipinski definition) is 1. The summed E-state index contributed by atoms with van der Waals surface area (Å²) in [4.78, 5) is 12.2. The molecule has 1 unspecified atom stereocenters. The molecule has 14 heavy (non-hydrogen) atoms. The molecule has 0 aliphatic carbocycles. The number of aryl methyl sites for hydroxylation is 1. The number of carbonyl (C=O) groups is 1. The lowest BCUT2D eigenvalue weighted by atomic mass is 10.2. The van der Waals surface area contributed by atoms with Crippen molar-refractivity contribution in [3.05, 3.63) is 23.7 Å². The first-order chi connectivity index (χ1) is 6.50. The van der Waals surface area contributed by atoms with Crippen LogP contribution < -0.4 is 0 Å². The van der Waals surface area contributed by atoms with Crippen LogP contribution in [-0.4, -0.2) is 29.6 Å². The van der Waals surface area contributed by atoms with Crippen molar-refractivity contribution in [1.82, 2.24) is 4.90 Å². The van der Waals surface area contributed by atoms with Crippen molar-refractivity contribution in [1.29, 1.82) is 0 Å². The molecule has 1 heterocycles. The van der Waals surface area contributed by atoms with Gasteiger partial charge in [0.05, 0.1) is 12.6 Å². The molecule has 1 aromatic rings. The lowest BCUT2D eigenvalue weighted by Gasteiger charge is -2.20. The molecule has 0 aliphatic rings. The van der Waals surface area contributed by atoms with E-state index in [0.29, 0.717) is 0 Å². The van der Waals surface area contributed by atoms with Crippen LogP contribution in [0, 0.1) is 6.92 Å². The van der Waals surface area contributed by atoms with Crippen molar-refractivity contribution in [2.45, 2.75) is 19.9 Å². The van der Waals surface area contributed by atoms with Crippen molar-refractivity contribution in [3.63, 3.8) is 0 Å². The molecular formula is C10H15NO3. The van der Waals surface area contributed by atoms with Gasteiger partial charge in [0.25, 0.3) is 0 Å². The van der Waals surface area contributed by atoms with Crippen molar-refractivity contribution in [2.24, 2.45) is 0 Å². The summed E-state index contributed by atoms with van der Waals surface area (Å²) in [5.41, 5.74) is 0. The van der Waals surface area contributed by atoms with Gasteiger partial charge in [-0.1, -0.05) is 0 Å². The number of furan rings is 1. The number of hydrogen-bond acceptors (Lipinski definition) is 3. The van der Waals surface area contributed by atoms with Crippen LogP contribution in [-0.2, 0) is 4.79 Å². The Labute approximate surface area is 83.1 Å². The Balaban J connectivity index is 2.65. The highest BCUT2D eigenvalue weighted by molar-refractivity contribution is 5.69. The smallest absolute Gasteiger partial charge is 0.317 e. The number of carboxylic acids is 1. The van der Waals surface area contributed by atoms with E-state index in [2.05, 4.69) is 0 Å². The molecule has 1 rings (SSSR count). The highest BCUT2D eigenvalue weighted by Gasteiger charge is 2.16. The van der Waals surface area contributed by atoms with E-state index in [1.807, 2.05) is 26.0 Å². The number of likely N-dealkylation sites (N-methyl/N-ethyl adjacent to an activating group) is 1. The van der Waals surface area contributed by atoms with Crippen molar-refractivity contribution in [2.75, 3.05) is 13.6 Å². The first-order valence-corrected chi connectivity index (χ1v) is 4.49. The molecule has 1 N–H and O–H groups in total. The van der Waals surface area contributed by atoms with Gasteiger partial charge in [-0.3, -0.25) is 9.69 Å². The molecule has 0 saturated heterocycles. The van der Waals surface area contributed by atoms with Crippen LogP contribution in [0.2, 0.25) is 0 Å². The standard InChI is InChI=1S/C10H15NO3/c1-7-4-5-9(14-7)8(2)11(3)6-10(12)13/h4-5,8H,6H2,1-3H3,(H,12,13). The predicted molar refractivity (Wildman–Crippen MR) is 52.1 cm³/mol. The van der Waals surface area contributed by atoms with Gasteiger partial charge in [-0.15, -0.1) is 0 Å². The maximum atomic E-state index is 10.5. The molecule has 1 atom stereocenters. The second-order valence-electron chi connectivity index (χ2n) is 3.43. The Bertz CT molecular complexity index is 319. The summed E-state index contributed by atoms with van der Waals surface area (Å²) < 4.78 is 5.41. The van der Waals surface area contributed by atoms with Gasteiger partial charge in [-0.05, 0) is 33.0 Å². The quantitative estimate of drug-likeness (QED) is 0.797. The van der Waals surface area contributed by atoms with Crippen molar-refractivity contribution in [3.8, 4) is 0 Å². The van der Waals surface area contributed by atoms with Crippen LogP contribution in [0.15, 0.2) is 16.5 Å². The minimum atomic E-state index is -0.831. The summed E-state index contributed by atoms with van der Waals surface area (Å²) in [5.74, 6) is 0.810. The van der Waals surface area contributed by atoms with E-state index >= 15 is 0 Å². The number of carboxylic acid groups (broad SMARTS) is 1. The van der Waals surface area contributed by atoms with Gasteiger partial charge >= 0.3 is 5.97 Å². The Morgan fingerprint density at radius 2 is 2.29 bits per heavy atom. The van der Waals surface area contributed by atoms with E-state index in [-0.39, 0.29) is 12.6 Å². The van der Waals surface area contributed by atoms with Crippen molar-refractivity contribution >= 4 is 5.97 Å². The summed E-state index contributed by atoms with van der Waals surface area (Å²) in [6, 6.07) is 3.73. The molecule has 1 aromatic heterocycles. The molecule has 0 radical (unpaired) electrons. The fraction of sp³-hybridized carbons (Fsp3) is 0.500. The fourth-order valence-electron chi connectivity index (χ4n) is 1.25. The third-order valence-corrected chi connectivity index (χ3v) is 2.22. The predicted octanol–water partition coefficient (Wildman–Crippen LogP) is 1.67. The molecule has 78 valence electrons. The summed E-state index contributed by atoms with van der Waals surface area (Å²) in [6.45, 7) is 3.80. The summed E-state index contributed by atoms with van der Waals surface area (Å²) >= 11 is 0. The third-order valence-electron chi connectivity index (χ3n) is 2.22. The van der Waals surface area contributed by atoms with Crippen LogP contribution in [0.5, 0.6) is 0 Å².